The molecule has 1 amide bonds. The first-order valence-electron chi connectivity index (χ1n) is 11.5. The lowest BCUT2D eigenvalue weighted by atomic mass is 9.97. The quantitative estimate of drug-likeness (QED) is 0.596. The summed E-state index contributed by atoms with van der Waals surface area (Å²) in [5, 5.41) is 7.23. The number of nitrogens with one attached hydrogen (secondary N) is 1. The molecule has 0 spiro atoms. The summed E-state index contributed by atoms with van der Waals surface area (Å²) in [6.07, 6.45) is 1.87. The van der Waals surface area contributed by atoms with E-state index in [0.29, 0.717) is 42.8 Å². The van der Waals surface area contributed by atoms with Crippen LogP contribution in [0.15, 0.2) is 22.7 Å². The predicted octanol–water partition coefficient (Wildman–Crippen LogP) is 1.41. The van der Waals surface area contributed by atoms with E-state index in [0.717, 1.165) is 57.8 Å². The smallest absolute Gasteiger partial charge is 0.241 e. The van der Waals surface area contributed by atoms with Crippen LogP contribution < -0.4 is 14.8 Å². The van der Waals surface area contributed by atoms with Crippen molar-refractivity contribution in [2.75, 3.05) is 66.7 Å². The number of morpholine rings is 1. The van der Waals surface area contributed by atoms with E-state index >= 15 is 0 Å². The average Bonchev–Trinajstić information content (AvgIpc) is 3.32. The molecule has 4 rings (SSSR count). The lowest BCUT2D eigenvalue weighted by molar-refractivity contribution is -0.126. The number of piperidine rings is 1. The van der Waals surface area contributed by atoms with Crippen molar-refractivity contribution in [1.29, 1.82) is 0 Å². The highest BCUT2D eigenvalue weighted by Crippen LogP contribution is 2.31. The Kier molecular flexibility index (Phi) is 8.14. The van der Waals surface area contributed by atoms with E-state index in [4.69, 9.17) is 18.7 Å². The molecule has 1 aromatic heterocycles. The van der Waals surface area contributed by atoms with Gasteiger partial charge in [0, 0.05) is 38.3 Å². The number of ether oxygens (including phenoxy) is 3. The summed E-state index contributed by atoms with van der Waals surface area (Å²) in [4.78, 5) is 21.8. The summed E-state index contributed by atoms with van der Waals surface area (Å²) in [5.41, 5.74) is 0.791. The summed E-state index contributed by atoms with van der Waals surface area (Å²) in [6, 6.07) is 5.51. The molecule has 0 saturated carbocycles. The molecule has 2 aliphatic rings. The first-order valence-corrected chi connectivity index (χ1v) is 11.5. The maximum atomic E-state index is 12.7. The Bertz CT molecular complexity index is 914. The number of likely N-dealkylation sites (tertiary alicyclic amines) is 1. The molecule has 2 aromatic rings. The van der Waals surface area contributed by atoms with Crippen molar-refractivity contribution in [3.05, 3.63) is 24.1 Å². The number of amides is 1. The number of carbonyl (C=O) groups is 1. The highest BCUT2D eigenvalue weighted by molar-refractivity contribution is 5.78. The van der Waals surface area contributed by atoms with Crippen LogP contribution in [0.1, 0.15) is 18.7 Å². The Labute approximate surface area is 194 Å². The first kappa shape index (κ1) is 23.5. The number of hydrogen-bond acceptors (Lipinski definition) is 9. The van der Waals surface area contributed by atoms with Crippen molar-refractivity contribution < 1.29 is 23.5 Å². The molecule has 0 bridgehead atoms. The van der Waals surface area contributed by atoms with Crippen molar-refractivity contribution in [3.63, 3.8) is 0 Å². The van der Waals surface area contributed by atoms with Gasteiger partial charge in [-0.15, -0.1) is 0 Å². The van der Waals surface area contributed by atoms with Crippen molar-refractivity contribution >= 4 is 5.91 Å². The van der Waals surface area contributed by atoms with Gasteiger partial charge < -0.3 is 24.1 Å². The number of hydrogen-bond donors (Lipinski definition) is 1. The van der Waals surface area contributed by atoms with E-state index in [9.17, 15) is 4.79 Å². The Balaban J connectivity index is 1.28. The molecule has 1 atom stereocenters. The molecule has 10 nitrogen and oxygen atoms in total. The number of methoxy groups -OCH3 is 2. The zero-order valence-electron chi connectivity index (χ0n) is 19.4. The molecule has 1 aromatic carbocycles. The van der Waals surface area contributed by atoms with Crippen molar-refractivity contribution in [1.82, 2.24) is 25.3 Å². The number of carbonyl (C=O) groups excluding carboxylic acids is 1. The SMILES string of the molecule is COc1ccc(-c2noc(CN3CCC[C@H](C(=O)NCCN4CCOCC4)C3)n2)cc1OC. The number of benzene rings is 1. The molecule has 2 fully saturated rings. The van der Waals surface area contributed by atoms with Crippen LogP contribution in [0.5, 0.6) is 11.5 Å². The summed E-state index contributed by atoms with van der Waals surface area (Å²) in [5.74, 6) is 2.40. The zero-order valence-corrected chi connectivity index (χ0v) is 19.4. The lowest BCUT2D eigenvalue weighted by Crippen LogP contribution is -2.45. The summed E-state index contributed by atoms with van der Waals surface area (Å²) in [6.45, 7) is 7.08. The van der Waals surface area contributed by atoms with Gasteiger partial charge >= 0.3 is 0 Å². The Morgan fingerprint density at radius 3 is 2.76 bits per heavy atom. The Morgan fingerprint density at radius 2 is 1.97 bits per heavy atom. The maximum Gasteiger partial charge on any atom is 0.241 e. The topological polar surface area (TPSA) is 102 Å². The van der Waals surface area contributed by atoms with Crippen LogP contribution in [0.3, 0.4) is 0 Å². The fraction of sp³-hybridized carbons (Fsp3) is 0.609. The van der Waals surface area contributed by atoms with Crippen LogP contribution in [-0.4, -0.2) is 92.5 Å². The normalized spacial score (nSPS) is 19.9. The molecule has 180 valence electrons. The van der Waals surface area contributed by atoms with Gasteiger partial charge in [0.05, 0.1) is 39.9 Å². The number of rotatable bonds is 9. The van der Waals surface area contributed by atoms with Gasteiger partial charge in [-0.05, 0) is 37.6 Å². The molecule has 33 heavy (non-hydrogen) atoms. The molecular weight excluding hydrogens is 426 g/mol. The van der Waals surface area contributed by atoms with Crippen LogP contribution in [0.25, 0.3) is 11.4 Å². The van der Waals surface area contributed by atoms with Gasteiger partial charge in [0.25, 0.3) is 0 Å². The van der Waals surface area contributed by atoms with Gasteiger partial charge in [-0.1, -0.05) is 5.16 Å². The third-order valence-electron chi connectivity index (χ3n) is 6.18. The van der Waals surface area contributed by atoms with E-state index < -0.39 is 0 Å². The van der Waals surface area contributed by atoms with E-state index in [1.165, 1.54) is 0 Å². The Hall–Kier alpha value is -2.69. The standard InChI is InChI=1S/C23H33N5O5/c1-30-19-6-5-17(14-20(19)31-2)22-25-21(33-26-22)16-28-8-3-4-18(15-28)23(29)24-7-9-27-10-12-32-13-11-27/h5-6,14,18H,3-4,7-13,15-16H2,1-2H3,(H,24,29)/t18-/m0/s1. The zero-order chi connectivity index (χ0) is 23.0. The highest BCUT2D eigenvalue weighted by atomic mass is 16.5. The minimum atomic E-state index is -0.0170. The van der Waals surface area contributed by atoms with Crippen LogP contribution in [-0.2, 0) is 16.1 Å². The molecule has 10 heteroatoms. The number of aromatic nitrogens is 2. The third-order valence-corrected chi connectivity index (χ3v) is 6.18. The minimum absolute atomic E-state index is 0.0170. The van der Waals surface area contributed by atoms with Gasteiger partial charge in [0.1, 0.15) is 0 Å². The van der Waals surface area contributed by atoms with Crippen LogP contribution in [0.4, 0.5) is 0 Å². The first-order chi connectivity index (χ1) is 16.2. The lowest BCUT2D eigenvalue weighted by Gasteiger charge is -2.31. The Morgan fingerprint density at radius 1 is 1.15 bits per heavy atom. The predicted molar refractivity (Wildman–Crippen MR) is 121 cm³/mol. The molecule has 2 aliphatic heterocycles. The minimum Gasteiger partial charge on any atom is -0.493 e. The van der Waals surface area contributed by atoms with Gasteiger partial charge in [-0.3, -0.25) is 14.6 Å². The fourth-order valence-electron chi connectivity index (χ4n) is 4.32. The van der Waals surface area contributed by atoms with Gasteiger partial charge in [-0.25, -0.2) is 0 Å². The van der Waals surface area contributed by atoms with Crippen LogP contribution in [0, 0.1) is 5.92 Å². The summed E-state index contributed by atoms with van der Waals surface area (Å²) < 4.78 is 21.5. The van der Waals surface area contributed by atoms with Gasteiger partial charge in [-0.2, -0.15) is 4.98 Å². The van der Waals surface area contributed by atoms with Crippen molar-refractivity contribution in [2.24, 2.45) is 5.92 Å². The van der Waals surface area contributed by atoms with E-state index in [2.05, 4.69) is 25.3 Å². The number of nitrogens with zero attached hydrogens (tertiary/aromatic N) is 4. The second-order valence-corrected chi connectivity index (χ2v) is 8.40. The average molecular weight is 460 g/mol. The third kappa shape index (κ3) is 6.21. The van der Waals surface area contributed by atoms with Crippen molar-refractivity contribution in [2.45, 2.75) is 19.4 Å². The maximum absolute atomic E-state index is 12.7. The van der Waals surface area contributed by atoms with Crippen LogP contribution in [0.2, 0.25) is 0 Å². The van der Waals surface area contributed by atoms with E-state index in [1.807, 2.05) is 18.2 Å². The van der Waals surface area contributed by atoms with Gasteiger partial charge in [0.15, 0.2) is 11.5 Å². The molecule has 0 radical (unpaired) electrons. The van der Waals surface area contributed by atoms with E-state index in [1.54, 1.807) is 14.2 Å². The summed E-state index contributed by atoms with van der Waals surface area (Å²) in [7, 11) is 3.19. The van der Waals surface area contributed by atoms with Gasteiger partial charge in [0.2, 0.25) is 17.6 Å². The van der Waals surface area contributed by atoms with Crippen LogP contribution >= 0.6 is 0 Å². The van der Waals surface area contributed by atoms with Crippen molar-refractivity contribution in [3.8, 4) is 22.9 Å². The second-order valence-electron chi connectivity index (χ2n) is 8.40. The summed E-state index contributed by atoms with van der Waals surface area (Å²) >= 11 is 0. The molecule has 0 unspecified atom stereocenters. The molecule has 1 N–H and O–H groups in total. The monoisotopic (exact) mass is 459 g/mol. The fourth-order valence-corrected chi connectivity index (χ4v) is 4.32. The largest absolute Gasteiger partial charge is 0.493 e. The highest BCUT2D eigenvalue weighted by Gasteiger charge is 2.27. The molecule has 0 aliphatic carbocycles. The molecule has 2 saturated heterocycles. The molecule has 3 heterocycles. The molecular formula is C23H33N5O5. The van der Waals surface area contributed by atoms with E-state index in [-0.39, 0.29) is 11.8 Å². The second kappa shape index (κ2) is 11.4.